The van der Waals surface area contributed by atoms with Crippen LogP contribution in [-0.2, 0) is 15.8 Å². The molecule has 0 radical (unpaired) electrons. The summed E-state index contributed by atoms with van der Waals surface area (Å²) in [6.45, 7) is 2.01. The molecule has 2 heterocycles. The zero-order valence-corrected chi connectivity index (χ0v) is 12.7. The van der Waals surface area contributed by atoms with Crippen molar-refractivity contribution in [2.45, 2.75) is 25.9 Å². The Morgan fingerprint density at radius 2 is 2.17 bits per heavy atom. The number of carbonyl (C=O) groups excluding carboxylic acids is 2. The minimum absolute atomic E-state index is 0.0153. The number of amides is 2. The fourth-order valence-corrected chi connectivity index (χ4v) is 2.62. The number of nitrogens with one attached hydrogen (secondary N) is 2. The van der Waals surface area contributed by atoms with E-state index in [-0.39, 0.29) is 29.1 Å². The zero-order chi connectivity index (χ0) is 17.5. The highest BCUT2D eigenvalue weighted by Gasteiger charge is 2.40. The van der Waals surface area contributed by atoms with Gasteiger partial charge in [0.05, 0.1) is 11.1 Å². The van der Waals surface area contributed by atoms with Gasteiger partial charge in [0.2, 0.25) is 11.8 Å². The second kappa shape index (κ2) is 5.50. The number of benzene rings is 1. The summed E-state index contributed by atoms with van der Waals surface area (Å²) in [6.07, 6.45) is -4.26. The van der Waals surface area contributed by atoms with Crippen LogP contribution in [0, 0.1) is 5.41 Å². The van der Waals surface area contributed by atoms with Crippen molar-refractivity contribution >= 4 is 28.6 Å². The summed E-state index contributed by atoms with van der Waals surface area (Å²) in [6, 6.07) is 4.23. The molecule has 2 N–H and O–H groups in total. The normalized spacial score (nSPS) is 21.6. The van der Waals surface area contributed by atoms with Gasteiger partial charge in [-0.25, -0.2) is 4.98 Å². The number of oxazole rings is 1. The molecular weight excluding hydrogens is 327 g/mol. The van der Waals surface area contributed by atoms with Crippen molar-refractivity contribution in [3.8, 4) is 0 Å². The molecule has 6 nitrogen and oxygen atoms in total. The van der Waals surface area contributed by atoms with Crippen LogP contribution in [0.1, 0.15) is 25.7 Å². The minimum atomic E-state index is -4.71. The molecule has 1 aromatic carbocycles. The third kappa shape index (κ3) is 2.93. The molecule has 0 spiro atoms. The highest BCUT2D eigenvalue weighted by Crippen LogP contribution is 2.35. The Morgan fingerprint density at radius 1 is 1.42 bits per heavy atom. The molecular formula is C15H14F3N3O3. The Bertz CT molecular complexity index is 815. The second-order valence-electron chi connectivity index (χ2n) is 5.96. The molecule has 9 heteroatoms. The number of fused-ring (bicyclic) bond motifs is 1. The minimum Gasteiger partial charge on any atom is -0.433 e. The maximum atomic E-state index is 12.7. The van der Waals surface area contributed by atoms with Crippen LogP contribution in [0.5, 0.6) is 0 Å². The van der Waals surface area contributed by atoms with Gasteiger partial charge in [-0.1, -0.05) is 13.0 Å². The monoisotopic (exact) mass is 341 g/mol. The molecule has 1 saturated heterocycles. The number of carbonyl (C=O) groups is 2. The average Bonchev–Trinajstić information content (AvgIpc) is 2.92. The SMILES string of the molecule is CC1(C(=O)Nc2cccc3oc(C(F)(F)F)nc23)CCNC(=O)C1. The van der Waals surface area contributed by atoms with Crippen LogP contribution >= 0.6 is 0 Å². The van der Waals surface area contributed by atoms with Crippen LogP contribution in [0.15, 0.2) is 22.6 Å². The lowest BCUT2D eigenvalue weighted by Gasteiger charge is -2.31. The van der Waals surface area contributed by atoms with E-state index in [4.69, 9.17) is 4.42 Å². The molecule has 1 atom stereocenters. The van der Waals surface area contributed by atoms with E-state index in [1.165, 1.54) is 18.2 Å². The molecule has 1 aromatic heterocycles. The van der Waals surface area contributed by atoms with E-state index in [2.05, 4.69) is 15.6 Å². The highest BCUT2D eigenvalue weighted by molar-refractivity contribution is 6.03. The number of para-hydroxylation sites is 1. The lowest BCUT2D eigenvalue weighted by atomic mass is 9.79. The summed E-state index contributed by atoms with van der Waals surface area (Å²) in [7, 11) is 0. The molecule has 1 aliphatic rings. The van der Waals surface area contributed by atoms with Crippen LogP contribution in [0.4, 0.5) is 18.9 Å². The van der Waals surface area contributed by atoms with Crippen LogP contribution < -0.4 is 10.6 Å². The quantitative estimate of drug-likeness (QED) is 0.880. The second-order valence-corrected chi connectivity index (χ2v) is 5.96. The lowest BCUT2D eigenvalue weighted by Crippen LogP contribution is -2.45. The van der Waals surface area contributed by atoms with Crippen LogP contribution in [0.3, 0.4) is 0 Å². The zero-order valence-electron chi connectivity index (χ0n) is 12.7. The molecule has 1 fully saturated rings. The molecule has 3 rings (SSSR count). The first-order chi connectivity index (χ1) is 11.2. The largest absolute Gasteiger partial charge is 0.468 e. The van der Waals surface area contributed by atoms with Gasteiger partial charge >= 0.3 is 12.1 Å². The Balaban J connectivity index is 1.91. The smallest absolute Gasteiger partial charge is 0.433 e. The summed E-state index contributed by atoms with van der Waals surface area (Å²) in [5.74, 6) is -2.05. The maximum Gasteiger partial charge on any atom is 0.468 e. The first-order valence-corrected chi connectivity index (χ1v) is 7.24. The summed E-state index contributed by atoms with van der Waals surface area (Å²) >= 11 is 0. The first-order valence-electron chi connectivity index (χ1n) is 7.24. The average molecular weight is 341 g/mol. The standard InChI is InChI=1S/C15H14F3N3O3/c1-14(5-6-19-10(22)7-14)12(23)20-8-3-2-4-9-11(8)21-13(24-9)15(16,17)18/h2-4H,5-7H2,1H3,(H,19,22)(H,20,23). The van der Waals surface area contributed by atoms with Crippen molar-refractivity contribution in [2.24, 2.45) is 5.41 Å². The van der Waals surface area contributed by atoms with E-state index in [1.54, 1.807) is 6.92 Å². The van der Waals surface area contributed by atoms with Crippen molar-refractivity contribution in [2.75, 3.05) is 11.9 Å². The van der Waals surface area contributed by atoms with Gasteiger partial charge < -0.3 is 15.1 Å². The Kier molecular flexibility index (Phi) is 3.73. The third-order valence-electron chi connectivity index (χ3n) is 4.01. The summed E-state index contributed by atoms with van der Waals surface area (Å²) in [5.41, 5.74) is -0.973. The van der Waals surface area contributed by atoms with Crippen molar-refractivity contribution in [1.82, 2.24) is 10.3 Å². The van der Waals surface area contributed by atoms with Crippen molar-refractivity contribution in [3.63, 3.8) is 0 Å². The Morgan fingerprint density at radius 3 is 2.83 bits per heavy atom. The van der Waals surface area contributed by atoms with Gasteiger partial charge in [-0.3, -0.25) is 9.59 Å². The maximum absolute atomic E-state index is 12.7. The predicted octanol–water partition coefficient (Wildman–Crippen LogP) is 2.70. The van der Waals surface area contributed by atoms with Gasteiger partial charge in [-0.05, 0) is 18.6 Å². The van der Waals surface area contributed by atoms with Gasteiger partial charge in [0.15, 0.2) is 5.58 Å². The molecule has 2 aromatic rings. The van der Waals surface area contributed by atoms with Crippen LogP contribution in [0.2, 0.25) is 0 Å². The molecule has 1 unspecified atom stereocenters. The van der Waals surface area contributed by atoms with E-state index < -0.39 is 23.4 Å². The first kappa shape index (κ1) is 16.3. The molecule has 1 aliphatic heterocycles. The summed E-state index contributed by atoms with van der Waals surface area (Å²) in [5, 5.41) is 5.21. The molecule has 0 saturated carbocycles. The topological polar surface area (TPSA) is 84.2 Å². The van der Waals surface area contributed by atoms with E-state index >= 15 is 0 Å². The van der Waals surface area contributed by atoms with Crippen LogP contribution in [0.25, 0.3) is 11.1 Å². The number of anilines is 1. The number of piperidine rings is 1. The number of halogens is 3. The summed E-state index contributed by atoms with van der Waals surface area (Å²) in [4.78, 5) is 27.5. The number of aromatic nitrogens is 1. The predicted molar refractivity (Wildman–Crippen MR) is 78.0 cm³/mol. The van der Waals surface area contributed by atoms with Crippen molar-refractivity contribution in [1.29, 1.82) is 0 Å². The number of alkyl halides is 3. The van der Waals surface area contributed by atoms with Gasteiger partial charge in [-0.2, -0.15) is 13.2 Å². The van der Waals surface area contributed by atoms with Gasteiger partial charge in [0.1, 0.15) is 5.52 Å². The molecule has 128 valence electrons. The van der Waals surface area contributed by atoms with Crippen LogP contribution in [-0.4, -0.2) is 23.3 Å². The van der Waals surface area contributed by atoms with Crippen molar-refractivity contribution < 1.29 is 27.2 Å². The molecule has 2 amide bonds. The highest BCUT2D eigenvalue weighted by atomic mass is 19.4. The number of nitrogens with zero attached hydrogens (tertiary/aromatic N) is 1. The fraction of sp³-hybridized carbons (Fsp3) is 0.400. The third-order valence-corrected chi connectivity index (χ3v) is 4.01. The lowest BCUT2D eigenvalue weighted by molar-refractivity contribution is -0.156. The Hall–Kier alpha value is -2.58. The van der Waals surface area contributed by atoms with E-state index in [9.17, 15) is 22.8 Å². The van der Waals surface area contributed by atoms with E-state index in [1.807, 2.05) is 0 Å². The van der Waals surface area contributed by atoms with Gasteiger partial charge in [0, 0.05) is 13.0 Å². The number of hydrogen-bond acceptors (Lipinski definition) is 4. The van der Waals surface area contributed by atoms with Crippen molar-refractivity contribution in [3.05, 3.63) is 24.1 Å². The molecule has 24 heavy (non-hydrogen) atoms. The fourth-order valence-electron chi connectivity index (χ4n) is 2.62. The molecule has 0 aliphatic carbocycles. The molecule has 0 bridgehead atoms. The number of hydrogen-bond donors (Lipinski definition) is 2. The van der Waals surface area contributed by atoms with Gasteiger partial charge in [-0.15, -0.1) is 0 Å². The van der Waals surface area contributed by atoms with Gasteiger partial charge in [0.25, 0.3) is 0 Å². The Labute approximate surface area is 134 Å². The van der Waals surface area contributed by atoms with E-state index in [0.29, 0.717) is 13.0 Å². The van der Waals surface area contributed by atoms with E-state index in [0.717, 1.165) is 0 Å². The summed E-state index contributed by atoms with van der Waals surface area (Å²) < 4.78 is 42.9. The number of rotatable bonds is 2.